The first-order valence-corrected chi connectivity index (χ1v) is 4.28. The molecule has 0 bridgehead atoms. The SMILES string of the molecule is B[C@H](C)C(C)(C)SC. The van der Waals surface area contributed by atoms with Crippen molar-refractivity contribution in [2.75, 3.05) is 6.26 Å². The molecular formula is C6H15BS. The summed E-state index contributed by atoms with van der Waals surface area (Å²) < 4.78 is 0.458. The highest BCUT2D eigenvalue weighted by atomic mass is 32.2. The van der Waals surface area contributed by atoms with Crippen molar-refractivity contribution in [3.63, 3.8) is 0 Å². The predicted molar refractivity (Wildman–Crippen MR) is 45.6 cm³/mol. The van der Waals surface area contributed by atoms with Gasteiger partial charge in [0.05, 0.1) is 0 Å². The van der Waals surface area contributed by atoms with Crippen LogP contribution in [-0.2, 0) is 0 Å². The number of hydrogen-bond donors (Lipinski definition) is 0. The van der Waals surface area contributed by atoms with Gasteiger partial charge in [-0.05, 0) is 6.26 Å². The van der Waals surface area contributed by atoms with E-state index in [1.54, 1.807) is 0 Å². The van der Waals surface area contributed by atoms with Gasteiger partial charge >= 0.3 is 0 Å². The van der Waals surface area contributed by atoms with Crippen molar-refractivity contribution < 1.29 is 0 Å². The molecular weight excluding hydrogens is 115 g/mol. The maximum Gasteiger partial charge on any atom is 0.106 e. The Morgan fingerprint density at radius 3 is 1.88 bits per heavy atom. The molecule has 0 aromatic carbocycles. The molecule has 0 heterocycles. The van der Waals surface area contributed by atoms with Crippen LogP contribution >= 0.6 is 11.8 Å². The second-order valence-electron chi connectivity index (χ2n) is 2.96. The Morgan fingerprint density at radius 1 is 1.50 bits per heavy atom. The van der Waals surface area contributed by atoms with E-state index < -0.39 is 0 Å². The summed E-state index contributed by atoms with van der Waals surface area (Å²) in [5.41, 5.74) is 0. The molecule has 48 valence electrons. The monoisotopic (exact) mass is 130 g/mol. The minimum atomic E-state index is 0.458. The van der Waals surface area contributed by atoms with Crippen molar-refractivity contribution >= 4 is 19.6 Å². The third-order valence-electron chi connectivity index (χ3n) is 1.92. The van der Waals surface area contributed by atoms with Crippen LogP contribution in [0, 0.1) is 0 Å². The Kier molecular flexibility index (Phi) is 2.96. The van der Waals surface area contributed by atoms with Gasteiger partial charge in [-0.2, -0.15) is 11.8 Å². The van der Waals surface area contributed by atoms with Crippen LogP contribution in [0.3, 0.4) is 0 Å². The molecule has 0 aliphatic rings. The Morgan fingerprint density at radius 2 is 1.88 bits per heavy atom. The molecule has 0 N–H and O–H groups in total. The Labute approximate surface area is 57.8 Å². The molecule has 8 heavy (non-hydrogen) atoms. The molecule has 0 saturated heterocycles. The Hall–Kier alpha value is 0.415. The summed E-state index contributed by atoms with van der Waals surface area (Å²) in [6.45, 7) is 6.82. The molecule has 0 aliphatic heterocycles. The predicted octanol–water partition coefficient (Wildman–Crippen LogP) is 1.57. The van der Waals surface area contributed by atoms with Gasteiger partial charge in [-0.3, -0.25) is 0 Å². The fourth-order valence-corrected chi connectivity index (χ4v) is 0.707. The molecule has 0 amide bonds. The van der Waals surface area contributed by atoms with Crippen molar-refractivity contribution in [1.82, 2.24) is 0 Å². The van der Waals surface area contributed by atoms with Crippen molar-refractivity contribution in [3.05, 3.63) is 0 Å². The fourth-order valence-electron chi connectivity index (χ4n) is 0.236. The van der Waals surface area contributed by atoms with Crippen LogP contribution in [0.15, 0.2) is 0 Å². The van der Waals surface area contributed by atoms with Crippen LogP contribution in [0.4, 0.5) is 0 Å². The molecule has 0 aromatic heterocycles. The van der Waals surface area contributed by atoms with Crippen molar-refractivity contribution in [2.45, 2.75) is 31.3 Å². The first kappa shape index (κ1) is 8.41. The van der Waals surface area contributed by atoms with Gasteiger partial charge in [0, 0.05) is 4.75 Å². The first-order valence-electron chi connectivity index (χ1n) is 3.06. The van der Waals surface area contributed by atoms with Crippen LogP contribution < -0.4 is 0 Å². The summed E-state index contributed by atoms with van der Waals surface area (Å²) in [5, 5.41) is 0. The van der Waals surface area contributed by atoms with Gasteiger partial charge < -0.3 is 0 Å². The van der Waals surface area contributed by atoms with E-state index >= 15 is 0 Å². The summed E-state index contributed by atoms with van der Waals surface area (Å²) in [5.74, 6) is 0.775. The number of hydrogen-bond acceptors (Lipinski definition) is 1. The van der Waals surface area contributed by atoms with Crippen LogP contribution in [0.1, 0.15) is 20.8 Å². The zero-order valence-corrected chi connectivity index (χ0v) is 7.30. The van der Waals surface area contributed by atoms with E-state index in [-0.39, 0.29) is 0 Å². The highest BCUT2D eigenvalue weighted by Gasteiger charge is 2.19. The molecule has 0 fully saturated rings. The van der Waals surface area contributed by atoms with Gasteiger partial charge in [-0.15, -0.1) is 0 Å². The smallest absolute Gasteiger partial charge is 0.106 e. The fraction of sp³-hybridized carbons (Fsp3) is 1.00. The molecule has 0 radical (unpaired) electrons. The third kappa shape index (κ3) is 2.12. The van der Waals surface area contributed by atoms with Crippen molar-refractivity contribution in [2.24, 2.45) is 0 Å². The largest absolute Gasteiger partial charge is 0.160 e. The third-order valence-corrected chi connectivity index (χ3v) is 3.44. The summed E-state index contributed by atoms with van der Waals surface area (Å²) in [4.78, 5) is 0. The minimum Gasteiger partial charge on any atom is -0.160 e. The van der Waals surface area contributed by atoms with Crippen LogP contribution in [-0.4, -0.2) is 18.8 Å². The normalized spacial score (nSPS) is 16.0. The highest BCUT2D eigenvalue weighted by Crippen LogP contribution is 2.31. The average molecular weight is 130 g/mol. The molecule has 2 heteroatoms. The molecule has 0 spiro atoms. The molecule has 1 atom stereocenters. The van der Waals surface area contributed by atoms with E-state index in [4.69, 9.17) is 0 Å². The molecule has 0 rings (SSSR count). The van der Waals surface area contributed by atoms with Gasteiger partial charge in [0.1, 0.15) is 7.85 Å². The lowest BCUT2D eigenvalue weighted by atomic mass is 9.79. The second kappa shape index (κ2) is 2.81. The summed E-state index contributed by atoms with van der Waals surface area (Å²) in [6, 6.07) is 0. The summed E-state index contributed by atoms with van der Waals surface area (Å²) in [7, 11) is 2.26. The van der Waals surface area contributed by atoms with E-state index in [9.17, 15) is 0 Å². The zero-order chi connectivity index (χ0) is 6.78. The van der Waals surface area contributed by atoms with Crippen molar-refractivity contribution in [3.8, 4) is 0 Å². The average Bonchev–Trinajstić information content (AvgIpc) is 1.67. The molecule has 0 aromatic rings. The van der Waals surface area contributed by atoms with E-state index in [1.165, 1.54) is 0 Å². The van der Waals surface area contributed by atoms with Crippen molar-refractivity contribution in [1.29, 1.82) is 0 Å². The first-order chi connectivity index (χ1) is 3.50. The van der Waals surface area contributed by atoms with Gasteiger partial charge in [-0.1, -0.05) is 26.6 Å². The van der Waals surface area contributed by atoms with Gasteiger partial charge in [0.25, 0.3) is 0 Å². The summed E-state index contributed by atoms with van der Waals surface area (Å²) in [6.07, 6.45) is 2.17. The number of rotatable bonds is 2. The topological polar surface area (TPSA) is 0 Å². The molecule has 0 unspecified atom stereocenters. The lowest BCUT2D eigenvalue weighted by molar-refractivity contribution is 0.685. The van der Waals surface area contributed by atoms with Crippen LogP contribution in [0.25, 0.3) is 0 Å². The summed E-state index contributed by atoms with van der Waals surface area (Å²) >= 11 is 1.94. The quantitative estimate of drug-likeness (QED) is 0.511. The minimum absolute atomic E-state index is 0.458. The lowest BCUT2D eigenvalue weighted by Gasteiger charge is -2.26. The van der Waals surface area contributed by atoms with E-state index in [0.29, 0.717) is 4.75 Å². The van der Waals surface area contributed by atoms with E-state index in [1.807, 2.05) is 11.8 Å². The maximum atomic E-state index is 2.28. The standard InChI is InChI=1S/C6H15BS/c1-5(7)6(2,3)8-4/h5H,7H2,1-4H3/t5-/m1/s1. The van der Waals surface area contributed by atoms with Crippen LogP contribution in [0.2, 0.25) is 5.82 Å². The molecule has 0 saturated carbocycles. The van der Waals surface area contributed by atoms with E-state index in [2.05, 4.69) is 34.9 Å². The maximum absolute atomic E-state index is 2.28. The lowest BCUT2D eigenvalue weighted by Crippen LogP contribution is -2.19. The zero-order valence-electron chi connectivity index (χ0n) is 6.49. The second-order valence-corrected chi connectivity index (χ2v) is 4.42. The Bertz CT molecular complexity index is 68.9. The van der Waals surface area contributed by atoms with Gasteiger partial charge in [0.15, 0.2) is 0 Å². The number of thioether (sulfide) groups is 1. The molecule has 0 nitrogen and oxygen atoms in total. The van der Waals surface area contributed by atoms with Crippen LogP contribution in [0.5, 0.6) is 0 Å². The Balaban J connectivity index is 3.71. The van der Waals surface area contributed by atoms with E-state index in [0.717, 1.165) is 5.82 Å². The molecule has 0 aliphatic carbocycles. The van der Waals surface area contributed by atoms with Gasteiger partial charge in [-0.25, -0.2) is 0 Å². The van der Waals surface area contributed by atoms with Gasteiger partial charge in [0.2, 0.25) is 0 Å². The highest BCUT2D eigenvalue weighted by molar-refractivity contribution is 8.00.